The van der Waals surface area contributed by atoms with E-state index in [1.807, 2.05) is 20.8 Å². The van der Waals surface area contributed by atoms with Crippen molar-refractivity contribution in [3.05, 3.63) is 28.8 Å². The quantitative estimate of drug-likeness (QED) is 0.758. The predicted molar refractivity (Wildman–Crippen MR) is 59.6 cm³/mol. The zero-order valence-electron chi connectivity index (χ0n) is 9.33. The fourth-order valence-corrected chi connectivity index (χ4v) is 1.93. The number of hydrogen-bond donors (Lipinski definition) is 2. The third-order valence-corrected chi connectivity index (χ3v) is 2.82. The van der Waals surface area contributed by atoms with Crippen molar-refractivity contribution < 1.29 is 5.11 Å². The van der Waals surface area contributed by atoms with Crippen molar-refractivity contribution in [2.24, 2.45) is 5.73 Å². The summed E-state index contributed by atoms with van der Waals surface area (Å²) in [6.45, 7) is 8.16. The molecule has 0 aliphatic rings. The first-order valence-electron chi connectivity index (χ1n) is 4.99. The van der Waals surface area contributed by atoms with Crippen LogP contribution in [0.5, 0.6) is 5.75 Å². The van der Waals surface area contributed by atoms with Gasteiger partial charge in [-0.1, -0.05) is 6.92 Å². The number of phenolic OH excluding ortho intramolecular Hbond substituents is 1. The highest BCUT2D eigenvalue weighted by Gasteiger charge is 2.15. The van der Waals surface area contributed by atoms with Crippen molar-refractivity contribution in [3.63, 3.8) is 0 Å². The van der Waals surface area contributed by atoms with Gasteiger partial charge in [-0.05, 0) is 55.5 Å². The molecular formula is C12H19NO. The van der Waals surface area contributed by atoms with E-state index in [2.05, 4.69) is 6.92 Å². The van der Waals surface area contributed by atoms with Crippen LogP contribution in [0.25, 0.3) is 0 Å². The first-order chi connectivity index (χ1) is 6.43. The van der Waals surface area contributed by atoms with Gasteiger partial charge in [-0.15, -0.1) is 0 Å². The van der Waals surface area contributed by atoms with E-state index in [-0.39, 0.29) is 6.04 Å². The van der Waals surface area contributed by atoms with Gasteiger partial charge in [-0.25, -0.2) is 0 Å². The van der Waals surface area contributed by atoms with Crippen molar-refractivity contribution in [2.45, 2.75) is 39.7 Å². The average molecular weight is 193 g/mol. The summed E-state index contributed by atoms with van der Waals surface area (Å²) in [5.74, 6) is 0.663. The highest BCUT2D eigenvalue weighted by atomic mass is 16.3. The van der Waals surface area contributed by atoms with Gasteiger partial charge in [0.05, 0.1) is 0 Å². The number of phenols is 1. The number of nitrogens with two attached hydrogens (primary N) is 1. The second-order valence-electron chi connectivity index (χ2n) is 4.14. The van der Waals surface area contributed by atoms with Crippen LogP contribution in [0.3, 0.4) is 0 Å². The van der Waals surface area contributed by atoms with Gasteiger partial charge in [0.25, 0.3) is 0 Å². The molecule has 0 aliphatic carbocycles. The fourth-order valence-electron chi connectivity index (χ4n) is 1.93. The molecule has 0 bridgehead atoms. The van der Waals surface area contributed by atoms with Crippen molar-refractivity contribution in [1.29, 1.82) is 0 Å². The lowest BCUT2D eigenvalue weighted by atomic mass is 9.88. The van der Waals surface area contributed by atoms with Gasteiger partial charge in [0.1, 0.15) is 5.75 Å². The van der Waals surface area contributed by atoms with Gasteiger partial charge < -0.3 is 10.8 Å². The molecule has 1 rings (SSSR count). The van der Waals surface area contributed by atoms with Gasteiger partial charge in [-0.2, -0.15) is 0 Å². The maximum absolute atomic E-state index is 9.41. The average Bonchev–Trinajstić information content (AvgIpc) is 2.01. The topological polar surface area (TPSA) is 46.2 Å². The maximum Gasteiger partial charge on any atom is 0.116 e. The largest absolute Gasteiger partial charge is 0.508 e. The summed E-state index contributed by atoms with van der Waals surface area (Å²) in [4.78, 5) is 0. The van der Waals surface area contributed by atoms with Crippen LogP contribution in [-0.2, 0) is 0 Å². The Bertz CT molecular complexity index is 308. The number of hydrogen-bond acceptors (Lipinski definition) is 2. The molecule has 0 radical (unpaired) electrons. The Kier molecular flexibility index (Phi) is 3.17. The molecule has 2 heteroatoms. The van der Waals surface area contributed by atoms with E-state index in [0.29, 0.717) is 11.7 Å². The van der Waals surface area contributed by atoms with Crippen LogP contribution < -0.4 is 5.73 Å². The van der Waals surface area contributed by atoms with Gasteiger partial charge in [-0.3, -0.25) is 0 Å². The summed E-state index contributed by atoms with van der Waals surface area (Å²) in [6.07, 6.45) is 0. The lowest BCUT2D eigenvalue weighted by Crippen LogP contribution is -2.23. The minimum Gasteiger partial charge on any atom is -0.508 e. The van der Waals surface area contributed by atoms with E-state index in [1.54, 1.807) is 12.1 Å². The predicted octanol–water partition coefficient (Wildman–Crippen LogP) is 2.46. The Morgan fingerprint density at radius 3 is 1.93 bits per heavy atom. The lowest BCUT2D eigenvalue weighted by molar-refractivity contribution is 0.473. The lowest BCUT2D eigenvalue weighted by Gasteiger charge is -2.21. The van der Waals surface area contributed by atoms with E-state index in [0.717, 1.165) is 11.1 Å². The minimum atomic E-state index is 0.136. The summed E-state index contributed by atoms with van der Waals surface area (Å²) < 4.78 is 0. The molecule has 0 amide bonds. The molecule has 1 aromatic carbocycles. The minimum absolute atomic E-state index is 0.136. The van der Waals surface area contributed by atoms with E-state index in [9.17, 15) is 5.11 Å². The van der Waals surface area contributed by atoms with Gasteiger partial charge >= 0.3 is 0 Å². The number of rotatable bonds is 2. The number of aromatic hydroxyl groups is 1. The molecular weight excluding hydrogens is 174 g/mol. The van der Waals surface area contributed by atoms with Crippen LogP contribution in [0.2, 0.25) is 0 Å². The summed E-state index contributed by atoms with van der Waals surface area (Å²) in [5.41, 5.74) is 9.38. The Hall–Kier alpha value is -1.02. The molecule has 0 spiro atoms. The second-order valence-corrected chi connectivity index (χ2v) is 4.14. The van der Waals surface area contributed by atoms with Crippen LogP contribution in [0.15, 0.2) is 12.1 Å². The van der Waals surface area contributed by atoms with E-state index in [4.69, 9.17) is 5.73 Å². The summed E-state index contributed by atoms with van der Waals surface area (Å²) in [5, 5.41) is 9.41. The Morgan fingerprint density at radius 1 is 1.14 bits per heavy atom. The highest BCUT2D eigenvalue weighted by molar-refractivity contribution is 5.42. The van der Waals surface area contributed by atoms with Crippen molar-refractivity contribution >= 4 is 0 Å². The molecule has 2 atom stereocenters. The molecule has 3 N–H and O–H groups in total. The van der Waals surface area contributed by atoms with Crippen molar-refractivity contribution in [1.82, 2.24) is 0 Å². The monoisotopic (exact) mass is 193 g/mol. The molecule has 2 nitrogen and oxygen atoms in total. The molecule has 14 heavy (non-hydrogen) atoms. The van der Waals surface area contributed by atoms with Crippen LogP contribution in [0.4, 0.5) is 0 Å². The molecule has 0 heterocycles. The van der Waals surface area contributed by atoms with Crippen molar-refractivity contribution in [2.75, 3.05) is 0 Å². The zero-order chi connectivity index (χ0) is 10.9. The molecule has 0 fully saturated rings. The third-order valence-electron chi connectivity index (χ3n) is 2.82. The van der Waals surface area contributed by atoms with Gasteiger partial charge in [0.2, 0.25) is 0 Å². The molecule has 0 aromatic heterocycles. The summed E-state index contributed by atoms with van der Waals surface area (Å²) >= 11 is 0. The molecule has 0 saturated carbocycles. The molecule has 1 aromatic rings. The fraction of sp³-hybridized carbons (Fsp3) is 0.500. The standard InChI is InChI=1S/C12H19NO/c1-7-5-11(14)6-8(2)12(7)9(3)10(4)13/h5-6,9-10,14H,13H2,1-4H3. The van der Waals surface area contributed by atoms with Crippen LogP contribution in [0.1, 0.15) is 36.5 Å². The molecule has 0 aliphatic heterocycles. The number of aryl methyl sites for hydroxylation is 2. The van der Waals surface area contributed by atoms with E-state index in [1.165, 1.54) is 5.56 Å². The van der Waals surface area contributed by atoms with Crippen LogP contribution in [0, 0.1) is 13.8 Å². The molecule has 78 valence electrons. The highest BCUT2D eigenvalue weighted by Crippen LogP contribution is 2.28. The summed E-state index contributed by atoms with van der Waals surface area (Å²) in [6, 6.07) is 3.72. The smallest absolute Gasteiger partial charge is 0.116 e. The number of benzene rings is 1. The Labute approximate surface area is 85.8 Å². The summed E-state index contributed by atoms with van der Waals surface area (Å²) in [7, 11) is 0. The Balaban J connectivity index is 3.20. The van der Waals surface area contributed by atoms with Gasteiger partial charge in [0.15, 0.2) is 0 Å². The SMILES string of the molecule is Cc1cc(O)cc(C)c1C(C)C(C)N. The first-order valence-corrected chi connectivity index (χ1v) is 4.99. The molecule has 2 unspecified atom stereocenters. The zero-order valence-corrected chi connectivity index (χ0v) is 9.33. The van der Waals surface area contributed by atoms with E-state index < -0.39 is 0 Å². The Morgan fingerprint density at radius 2 is 1.57 bits per heavy atom. The van der Waals surface area contributed by atoms with Crippen molar-refractivity contribution in [3.8, 4) is 5.75 Å². The maximum atomic E-state index is 9.41. The third kappa shape index (κ3) is 2.07. The first kappa shape index (κ1) is 11.1. The second kappa shape index (κ2) is 4.01. The van der Waals surface area contributed by atoms with Crippen LogP contribution in [-0.4, -0.2) is 11.1 Å². The van der Waals surface area contributed by atoms with E-state index >= 15 is 0 Å². The molecule has 0 saturated heterocycles. The van der Waals surface area contributed by atoms with Gasteiger partial charge in [0, 0.05) is 6.04 Å². The van der Waals surface area contributed by atoms with Crippen LogP contribution >= 0.6 is 0 Å². The normalized spacial score (nSPS) is 15.2.